The molecule has 4 aromatic rings. The zero-order valence-electron chi connectivity index (χ0n) is 19.4. The highest BCUT2D eigenvalue weighted by molar-refractivity contribution is 5.95. The number of nitrogens with one attached hydrogen (secondary N) is 1. The van der Waals surface area contributed by atoms with Gasteiger partial charge in [0.25, 0.3) is 5.91 Å². The van der Waals surface area contributed by atoms with Gasteiger partial charge < -0.3 is 5.32 Å². The Kier molecular flexibility index (Phi) is 6.39. The number of fused-ring (bicyclic) bond motifs is 1. The summed E-state index contributed by atoms with van der Waals surface area (Å²) in [6, 6.07) is 24.9. The second-order valence-corrected chi connectivity index (χ2v) is 9.38. The molecule has 1 amide bonds. The van der Waals surface area contributed by atoms with E-state index in [1.54, 1.807) is 12.1 Å². The van der Waals surface area contributed by atoms with Crippen molar-refractivity contribution in [1.29, 1.82) is 0 Å². The summed E-state index contributed by atoms with van der Waals surface area (Å²) < 4.78 is 13.9. The number of rotatable bonds is 5. The highest BCUT2D eigenvalue weighted by Gasteiger charge is 2.28. The van der Waals surface area contributed by atoms with Gasteiger partial charge in [0.1, 0.15) is 5.82 Å². The Bertz CT molecular complexity index is 1300. The molecule has 1 aliphatic carbocycles. The standard InChI is InChI=1S/C30H29FN2O/c1-20(33-30(34)25-9-5-8-24(18-25)22-6-3-2-4-7-22)21-10-12-23(13-11-21)27-16-17-32-29-15-14-26(31)19-28(27)29/h2-9,14-21,23H,10-13H2,1H3,(H,33,34)/t20-,21-,23-/m1/s1. The van der Waals surface area contributed by atoms with Crippen LogP contribution in [0.2, 0.25) is 0 Å². The number of amides is 1. The van der Waals surface area contributed by atoms with E-state index in [0.29, 0.717) is 17.4 Å². The molecule has 0 saturated heterocycles. The Morgan fingerprint density at radius 1 is 0.912 bits per heavy atom. The largest absolute Gasteiger partial charge is 0.349 e. The SMILES string of the molecule is C[C@@H](NC(=O)c1cccc(-c2ccccc2)c1)[C@H]1CC[C@H](c2ccnc3ccc(F)cc32)CC1. The quantitative estimate of drug-likeness (QED) is 0.350. The van der Waals surface area contributed by atoms with Crippen LogP contribution in [0, 0.1) is 11.7 Å². The summed E-state index contributed by atoms with van der Waals surface area (Å²) in [6.07, 6.45) is 5.96. The predicted molar refractivity (Wildman–Crippen MR) is 135 cm³/mol. The lowest BCUT2D eigenvalue weighted by Crippen LogP contribution is -2.39. The second-order valence-electron chi connectivity index (χ2n) is 9.38. The van der Waals surface area contributed by atoms with E-state index in [1.807, 2.05) is 54.7 Å². The molecule has 3 aromatic carbocycles. The molecule has 4 heteroatoms. The molecule has 5 rings (SSSR count). The highest BCUT2D eigenvalue weighted by Crippen LogP contribution is 2.39. The minimum Gasteiger partial charge on any atom is -0.349 e. The zero-order chi connectivity index (χ0) is 23.5. The highest BCUT2D eigenvalue weighted by atomic mass is 19.1. The second kappa shape index (κ2) is 9.76. The third-order valence-electron chi connectivity index (χ3n) is 7.25. The van der Waals surface area contributed by atoms with Crippen LogP contribution >= 0.6 is 0 Å². The number of hydrogen-bond acceptors (Lipinski definition) is 2. The van der Waals surface area contributed by atoms with E-state index >= 15 is 0 Å². The summed E-state index contributed by atoms with van der Waals surface area (Å²) in [5.74, 6) is 0.586. The average Bonchev–Trinajstić information content (AvgIpc) is 2.89. The molecule has 1 aliphatic rings. The molecule has 34 heavy (non-hydrogen) atoms. The number of carbonyl (C=O) groups is 1. The topological polar surface area (TPSA) is 42.0 Å². The first-order valence-corrected chi connectivity index (χ1v) is 12.1. The van der Waals surface area contributed by atoms with Crippen molar-refractivity contribution in [3.05, 3.63) is 102 Å². The number of nitrogens with zero attached hydrogens (tertiary/aromatic N) is 1. The summed E-state index contributed by atoms with van der Waals surface area (Å²) in [5.41, 5.74) is 4.87. The molecule has 172 valence electrons. The summed E-state index contributed by atoms with van der Waals surface area (Å²) in [5, 5.41) is 4.16. The van der Waals surface area contributed by atoms with Crippen molar-refractivity contribution in [2.75, 3.05) is 0 Å². The maximum Gasteiger partial charge on any atom is 0.251 e. The minimum absolute atomic E-state index is 0.0250. The molecule has 1 saturated carbocycles. The molecule has 0 bridgehead atoms. The maximum atomic E-state index is 13.9. The van der Waals surface area contributed by atoms with Gasteiger partial charge in [-0.25, -0.2) is 4.39 Å². The Morgan fingerprint density at radius 2 is 1.68 bits per heavy atom. The van der Waals surface area contributed by atoms with Gasteiger partial charge in [-0.3, -0.25) is 9.78 Å². The number of halogens is 1. The van der Waals surface area contributed by atoms with Crippen molar-refractivity contribution in [3.63, 3.8) is 0 Å². The molecule has 0 aliphatic heterocycles. The molecular weight excluding hydrogens is 423 g/mol. The summed E-state index contributed by atoms with van der Waals surface area (Å²) in [4.78, 5) is 17.4. The first kappa shape index (κ1) is 22.3. The van der Waals surface area contributed by atoms with E-state index in [2.05, 4.69) is 29.4 Å². The van der Waals surface area contributed by atoms with E-state index in [9.17, 15) is 9.18 Å². The molecule has 0 spiro atoms. The number of aromatic nitrogens is 1. The van der Waals surface area contributed by atoms with Crippen molar-refractivity contribution in [2.45, 2.75) is 44.6 Å². The Hall–Kier alpha value is -3.53. The van der Waals surface area contributed by atoms with Crippen LogP contribution in [0.5, 0.6) is 0 Å². The summed E-state index contributed by atoms with van der Waals surface area (Å²) in [7, 11) is 0. The molecule has 1 fully saturated rings. The molecule has 3 nitrogen and oxygen atoms in total. The van der Waals surface area contributed by atoms with Gasteiger partial charge in [0.2, 0.25) is 0 Å². The summed E-state index contributed by atoms with van der Waals surface area (Å²) >= 11 is 0. The van der Waals surface area contributed by atoms with Crippen LogP contribution < -0.4 is 5.32 Å². The molecule has 1 aromatic heterocycles. The smallest absolute Gasteiger partial charge is 0.251 e. The monoisotopic (exact) mass is 452 g/mol. The number of hydrogen-bond donors (Lipinski definition) is 1. The Labute approximate surface area is 200 Å². The molecule has 0 unspecified atom stereocenters. The Balaban J connectivity index is 1.23. The van der Waals surface area contributed by atoms with Crippen LogP contribution in [-0.2, 0) is 0 Å². The molecular formula is C30H29FN2O. The van der Waals surface area contributed by atoms with Crippen molar-refractivity contribution in [2.24, 2.45) is 5.92 Å². The van der Waals surface area contributed by atoms with Crippen LogP contribution in [0.3, 0.4) is 0 Å². The molecule has 1 atom stereocenters. The lowest BCUT2D eigenvalue weighted by molar-refractivity contribution is 0.0918. The fraction of sp³-hybridized carbons (Fsp3) is 0.267. The predicted octanol–water partition coefficient (Wildman–Crippen LogP) is 7.13. The zero-order valence-corrected chi connectivity index (χ0v) is 19.4. The van der Waals surface area contributed by atoms with Crippen LogP contribution in [0.25, 0.3) is 22.0 Å². The average molecular weight is 453 g/mol. The fourth-order valence-electron chi connectivity index (χ4n) is 5.30. The normalized spacial score (nSPS) is 19.0. The van der Waals surface area contributed by atoms with E-state index in [0.717, 1.165) is 47.7 Å². The van der Waals surface area contributed by atoms with Crippen LogP contribution in [-0.4, -0.2) is 16.9 Å². The van der Waals surface area contributed by atoms with Crippen molar-refractivity contribution >= 4 is 16.8 Å². The fourth-order valence-corrected chi connectivity index (χ4v) is 5.30. The first-order valence-electron chi connectivity index (χ1n) is 12.1. The van der Waals surface area contributed by atoms with Crippen LogP contribution in [0.15, 0.2) is 85.1 Å². The number of pyridine rings is 1. The molecule has 1 N–H and O–H groups in total. The van der Waals surface area contributed by atoms with Gasteiger partial charge in [-0.1, -0.05) is 42.5 Å². The third-order valence-corrected chi connectivity index (χ3v) is 7.25. The van der Waals surface area contributed by atoms with Gasteiger partial charge in [-0.05, 0) is 97.5 Å². The summed E-state index contributed by atoms with van der Waals surface area (Å²) in [6.45, 7) is 2.11. The lowest BCUT2D eigenvalue weighted by Gasteiger charge is -2.33. The number of carbonyl (C=O) groups excluding carboxylic acids is 1. The lowest BCUT2D eigenvalue weighted by atomic mass is 9.75. The Morgan fingerprint density at radius 3 is 2.47 bits per heavy atom. The minimum atomic E-state index is -0.219. The van der Waals surface area contributed by atoms with E-state index in [4.69, 9.17) is 0 Å². The third kappa shape index (κ3) is 4.72. The van der Waals surface area contributed by atoms with Gasteiger partial charge >= 0.3 is 0 Å². The van der Waals surface area contributed by atoms with Crippen molar-refractivity contribution in [1.82, 2.24) is 10.3 Å². The van der Waals surface area contributed by atoms with E-state index < -0.39 is 0 Å². The van der Waals surface area contributed by atoms with E-state index in [-0.39, 0.29) is 17.8 Å². The van der Waals surface area contributed by atoms with Gasteiger partial charge in [-0.15, -0.1) is 0 Å². The molecule has 0 radical (unpaired) electrons. The maximum absolute atomic E-state index is 13.9. The van der Waals surface area contributed by atoms with E-state index in [1.165, 1.54) is 11.6 Å². The van der Waals surface area contributed by atoms with Crippen molar-refractivity contribution < 1.29 is 9.18 Å². The van der Waals surface area contributed by atoms with Crippen LogP contribution in [0.1, 0.15) is 54.4 Å². The molecule has 1 heterocycles. The van der Waals surface area contributed by atoms with Crippen LogP contribution in [0.4, 0.5) is 4.39 Å². The first-order chi connectivity index (χ1) is 16.6. The van der Waals surface area contributed by atoms with Gasteiger partial charge in [0.05, 0.1) is 5.52 Å². The van der Waals surface area contributed by atoms with Gasteiger partial charge in [0, 0.05) is 23.2 Å². The van der Waals surface area contributed by atoms with Crippen molar-refractivity contribution in [3.8, 4) is 11.1 Å². The van der Waals surface area contributed by atoms with Gasteiger partial charge in [-0.2, -0.15) is 0 Å². The number of benzene rings is 3. The van der Waals surface area contributed by atoms with Gasteiger partial charge in [0.15, 0.2) is 0 Å².